The van der Waals surface area contributed by atoms with Gasteiger partial charge in [-0.3, -0.25) is 9.59 Å². The van der Waals surface area contributed by atoms with Crippen LogP contribution in [0.5, 0.6) is 0 Å². The minimum absolute atomic E-state index is 0.140. The Kier molecular flexibility index (Phi) is 6.95. The van der Waals surface area contributed by atoms with Gasteiger partial charge in [0.1, 0.15) is 0 Å². The zero-order valence-electron chi connectivity index (χ0n) is 15.4. The number of hydrogen-bond acceptors (Lipinski definition) is 5. The number of halogens is 2. The van der Waals surface area contributed by atoms with E-state index in [1.54, 1.807) is 12.1 Å². The summed E-state index contributed by atoms with van der Waals surface area (Å²) in [4.78, 5) is 28.1. The number of nitrogens with zero attached hydrogens (tertiary/aromatic N) is 1. The molecule has 0 spiro atoms. The maximum Gasteiger partial charge on any atom is 0.226 e. The maximum atomic E-state index is 13.2. The van der Waals surface area contributed by atoms with Crippen LogP contribution in [-0.2, 0) is 9.59 Å². The second-order valence-electron chi connectivity index (χ2n) is 6.02. The minimum Gasteiger partial charge on any atom is -0.326 e. The molecule has 0 fully saturated rings. The summed E-state index contributed by atoms with van der Waals surface area (Å²) >= 11 is 2.59. The first kappa shape index (κ1) is 20.9. The van der Waals surface area contributed by atoms with E-state index in [4.69, 9.17) is 0 Å². The minimum atomic E-state index is -0.903. The van der Waals surface area contributed by atoms with E-state index in [1.165, 1.54) is 36.1 Å². The molecule has 1 heterocycles. The Morgan fingerprint density at radius 1 is 1.07 bits per heavy atom. The third-order valence-corrected chi connectivity index (χ3v) is 5.49. The summed E-state index contributed by atoms with van der Waals surface area (Å²) < 4.78 is 26.1. The van der Waals surface area contributed by atoms with Gasteiger partial charge in [0.05, 0.1) is 5.69 Å². The Bertz CT molecular complexity index is 1020. The molecule has 1 aromatic heterocycles. The average Bonchev–Trinajstić information content (AvgIpc) is 3.13. The number of hydrogen-bond donors (Lipinski definition) is 2. The molecule has 2 amide bonds. The summed E-state index contributed by atoms with van der Waals surface area (Å²) in [6.07, 6.45) is 0.212. The molecule has 0 radical (unpaired) electrons. The van der Waals surface area contributed by atoms with Crippen molar-refractivity contribution < 1.29 is 18.4 Å². The zero-order chi connectivity index (χ0) is 20.8. The lowest BCUT2D eigenvalue weighted by Gasteiger charge is -2.04. The van der Waals surface area contributed by atoms with Gasteiger partial charge in [0.2, 0.25) is 11.8 Å². The monoisotopic (exact) mass is 433 g/mol. The second kappa shape index (κ2) is 9.62. The highest BCUT2D eigenvalue weighted by molar-refractivity contribution is 7.99. The van der Waals surface area contributed by atoms with Crippen molar-refractivity contribution in [1.29, 1.82) is 0 Å². The third-order valence-electron chi connectivity index (χ3n) is 3.74. The van der Waals surface area contributed by atoms with Crippen molar-refractivity contribution in [2.24, 2.45) is 0 Å². The van der Waals surface area contributed by atoms with E-state index in [2.05, 4.69) is 15.6 Å². The van der Waals surface area contributed by atoms with Crippen molar-refractivity contribution in [3.8, 4) is 11.3 Å². The quantitative estimate of drug-likeness (QED) is 0.505. The van der Waals surface area contributed by atoms with Crippen molar-refractivity contribution in [1.82, 2.24) is 4.98 Å². The number of amides is 2. The molecular weight excluding hydrogens is 416 g/mol. The summed E-state index contributed by atoms with van der Waals surface area (Å²) in [6.45, 7) is 1.44. The molecule has 0 aliphatic carbocycles. The van der Waals surface area contributed by atoms with Crippen molar-refractivity contribution in [3.05, 3.63) is 59.5 Å². The highest BCUT2D eigenvalue weighted by Crippen LogP contribution is 2.26. The van der Waals surface area contributed by atoms with E-state index in [-0.39, 0.29) is 18.2 Å². The van der Waals surface area contributed by atoms with E-state index >= 15 is 0 Å². The molecule has 0 saturated carbocycles. The number of thiazole rings is 1. The smallest absolute Gasteiger partial charge is 0.226 e. The van der Waals surface area contributed by atoms with Gasteiger partial charge in [0.25, 0.3) is 0 Å². The fraction of sp³-hybridized carbons (Fsp3) is 0.150. The van der Waals surface area contributed by atoms with Gasteiger partial charge < -0.3 is 10.6 Å². The summed E-state index contributed by atoms with van der Waals surface area (Å²) in [7, 11) is 0. The number of benzene rings is 2. The Labute approximate surface area is 174 Å². The molecule has 0 aliphatic heterocycles. The van der Waals surface area contributed by atoms with Crippen LogP contribution in [0.2, 0.25) is 0 Å². The van der Waals surface area contributed by atoms with Crippen LogP contribution < -0.4 is 10.6 Å². The predicted molar refractivity (Wildman–Crippen MR) is 112 cm³/mol. The molecule has 0 aliphatic rings. The predicted octanol–water partition coefficient (Wildman–Crippen LogP) is 5.17. The first-order valence-corrected chi connectivity index (χ1v) is 10.5. The second-order valence-corrected chi connectivity index (χ2v) is 8.05. The van der Waals surface area contributed by atoms with E-state index in [0.717, 1.165) is 23.4 Å². The molecule has 150 valence electrons. The van der Waals surface area contributed by atoms with Crippen molar-refractivity contribution in [2.75, 3.05) is 16.4 Å². The summed E-state index contributed by atoms with van der Waals surface area (Å²) in [6, 6.07) is 10.9. The van der Waals surface area contributed by atoms with Gasteiger partial charge in [0, 0.05) is 40.6 Å². The van der Waals surface area contributed by atoms with Crippen LogP contribution in [0.3, 0.4) is 0 Å². The molecule has 29 heavy (non-hydrogen) atoms. The summed E-state index contributed by atoms with van der Waals surface area (Å²) in [5.41, 5.74) is 2.28. The number of anilines is 2. The Hall–Kier alpha value is -2.78. The van der Waals surface area contributed by atoms with Crippen molar-refractivity contribution in [2.45, 2.75) is 18.2 Å². The molecule has 9 heteroatoms. The number of thioether (sulfide) groups is 1. The summed E-state index contributed by atoms with van der Waals surface area (Å²) in [5, 5.41) is 7.75. The van der Waals surface area contributed by atoms with E-state index < -0.39 is 11.6 Å². The van der Waals surface area contributed by atoms with Gasteiger partial charge in [-0.2, -0.15) is 0 Å². The normalized spacial score (nSPS) is 10.6. The van der Waals surface area contributed by atoms with Crippen LogP contribution in [0.1, 0.15) is 13.3 Å². The van der Waals surface area contributed by atoms with Gasteiger partial charge in [0.15, 0.2) is 16.8 Å². The summed E-state index contributed by atoms with van der Waals surface area (Å²) in [5.74, 6) is -1.71. The number of aromatic nitrogens is 1. The van der Waals surface area contributed by atoms with Crippen molar-refractivity contribution >= 4 is 45.7 Å². The molecule has 0 bridgehead atoms. The topological polar surface area (TPSA) is 71.1 Å². The highest BCUT2D eigenvalue weighted by Gasteiger charge is 2.09. The van der Waals surface area contributed by atoms with Crippen LogP contribution in [-0.4, -0.2) is 22.6 Å². The average molecular weight is 434 g/mol. The molecule has 2 N–H and O–H groups in total. The number of carbonyl (C=O) groups excluding carboxylic acids is 2. The molecule has 0 atom stereocenters. The molecule has 0 unspecified atom stereocenters. The fourth-order valence-electron chi connectivity index (χ4n) is 2.40. The lowest BCUT2D eigenvalue weighted by Crippen LogP contribution is -2.11. The molecule has 3 rings (SSSR count). The van der Waals surface area contributed by atoms with Gasteiger partial charge in [-0.1, -0.05) is 12.1 Å². The van der Waals surface area contributed by atoms with Crippen LogP contribution in [0.4, 0.5) is 19.6 Å². The number of rotatable bonds is 7. The Morgan fingerprint density at radius 3 is 2.52 bits per heavy atom. The van der Waals surface area contributed by atoms with Gasteiger partial charge >= 0.3 is 0 Å². The highest BCUT2D eigenvalue weighted by atomic mass is 32.2. The lowest BCUT2D eigenvalue weighted by molar-refractivity contribution is -0.116. The Balaban J connectivity index is 1.50. The number of carbonyl (C=O) groups is 2. The maximum absolute atomic E-state index is 13.2. The van der Waals surface area contributed by atoms with Gasteiger partial charge in [-0.05, 0) is 30.3 Å². The molecule has 5 nitrogen and oxygen atoms in total. The first-order valence-electron chi connectivity index (χ1n) is 8.62. The lowest BCUT2D eigenvalue weighted by atomic mass is 10.1. The largest absolute Gasteiger partial charge is 0.326 e. The fourth-order valence-corrected chi connectivity index (χ4v) is 4.01. The van der Waals surface area contributed by atoms with E-state index in [9.17, 15) is 18.4 Å². The Morgan fingerprint density at radius 2 is 1.83 bits per heavy atom. The van der Waals surface area contributed by atoms with Gasteiger partial charge in [-0.25, -0.2) is 13.8 Å². The SMILES string of the molecule is CC(=O)Nc1ccc(-c2csc(NC(=O)CCSc3ccc(F)c(F)c3)n2)cc1. The first-order chi connectivity index (χ1) is 13.9. The van der Waals surface area contributed by atoms with E-state index in [1.807, 2.05) is 17.5 Å². The number of nitrogens with one attached hydrogen (secondary N) is 2. The standard InChI is InChI=1S/C20H17F2N3O2S2/c1-12(26)23-14-4-2-13(3-5-14)18-11-29-20(24-18)25-19(27)8-9-28-15-6-7-16(21)17(22)10-15/h2-7,10-11H,8-9H2,1H3,(H,23,26)(H,24,25,27). The third kappa shape index (κ3) is 6.10. The van der Waals surface area contributed by atoms with Crippen LogP contribution in [0.25, 0.3) is 11.3 Å². The van der Waals surface area contributed by atoms with E-state index in [0.29, 0.717) is 21.5 Å². The molecule has 3 aromatic rings. The molecule has 0 saturated heterocycles. The van der Waals surface area contributed by atoms with Crippen molar-refractivity contribution in [3.63, 3.8) is 0 Å². The van der Waals surface area contributed by atoms with Crippen LogP contribution in [0, 0.1) is 11.6 Å². The zero-order valence-corrected chi connectivity index (χ0v) is 17.0. The molecule has 2 aromatic carbocycles. The molecular formula is C20H17F2N3O2S2. The van der Waals surface area contributed by atoms with Crippen LogP contribution >= 0.6 is 23.1 Å². The van der Waals surface area contributed by atoms with Gasteiger partial charge in [-0.15, -0.1) is 23.1 Å². The van der Waals surface area contributed by atoms with Crippen LogP contribution in [0.15, 0.2) is 52.7 Å².